The molecular formula is C14H12Br2N6O. The van der Waals surface area contributed by atoms with Gasteiger partial charge < -0.3 is 15.7 Å². The maximum atomic E-state index is 9.74. The third kappa shape index (κ3) is 3.97. The monoisotopic (exact) mass is 438 g/mol. The summed E-state index contributed by atoms with van der Waals surface area (Å²) in [6, 6.07) is 5.41. The van der Waals surface area contributed by atoms with Crippen LogP contribution in [0, 0.1) is 11.3 Å². The van der Waals surface area contributed by atoms with E-state index in [4.69, 9.17) is 5.73 Å². The molecule has 23 heavy (non-hydrogen) atoms. The number of hydrogen-bond acceptors (Lipinski definition) is 7. The Balaban J connectivity index is 2.54. The standard InChI is InChI=1S/C14H12Br2N6O/c1-22(2)14-20-12(19-13(18)21-14)8(6-17)3-7-4-9(15)11(23)10(16)5-7/h3-5,23H,1-2H3,(H2,18,19,20,21)/b8-3+. The van der Waals surface area contributed by atoms with Crippen molar-refractivity contribution in [1.82, 2.24) is 15.0 Å². The summed E-state index contributed by atoms with van der Waals surface area (Å²) in [5.74, 6) is 0.665. The molecule has 1 aromatic carbocycles. The van der Waals surface area contributed by atoms with Gasteiger partial charge in [-0.05, 0) is 55.6 Å². The Morgan fingerprint density at radius 2 is 1.87 bits per heavy atom. The number of phenols is 1. The quantitative estimate of drug-likeness (QED) is 0.707. The van der Waals surface area contributed by atoms with Gasteiger partial charge in [0, 0.05) is 14.1 Å². The average Bonchev–Trinajstić information content (AvgIpc) is 2.49. The first-order valence-electron chi connectivity index (χ1n) is 6.31. The second kappa shape index (κ2) is 6.93. The fraction of sp³-hybridized carbons (Fsp3) is 0.143. The molecule has 2 rings (SSSR count). The van der Waals surface area contributed by atoms with Crippen LogP contribution in [0.5, 0.6) is 5.75 Å². The van der Waals surface area contributed by atoms with Gasteiger partial charge in [0.25, 0.3) is 0 Å². The largest absolute Gasteiger partial charge is 0.506 e. The highest BCUT2D eigenvalue weighted by Gasteiger charge is 2.12. The van der Waals surface area contributed by atoms with E-state index in [1.54, 1.807) is 37.2 Å². The number of nitrogens with two attached hydrogens (primary N) is 1. The van der Waals surface area contributed by atoms with Crippen LogP contribution in [-0.4, -0.2) is 34.2 Å². The third-order valence-electron chi connectivity index (χ3n) is 2.75. The Kier molecular flexibility index (Phi) is 5.18. The van der Waals surface area contributed by atoms with Gasteiger partial charge in [-0.3, -0.25) is 0 Å². The highest BCUT2D eigenvalue weighted by Crippen LogP contribution is 2.34. The number of nitrogens with zero attached hydrogens (tertiary/aromatic N) is 5. The Morgan fingerprint density at radius 3 is 2.39 bits per heavy atom. The number of aromatic nitrogens is 3. The molecule has 0 aliphatic heterocycles. The van der Waals surface area contributed by atoms with Crippen molar-refractivity contribution in [3.63, 3.8) is 0 Å². The van der Waals surface area contributed by atoms with Crippen LogP contribution < -0.4 is 10.6 Å². The molecule has 0 aliphatic rings. The van der Waals surface area contributed by atoms with Crippen LogP contribution in [0.15, 0.2) is 21.1 Å². The topological polar surface area (TPSA) is 112 Å². The zero-order chi connectivity index (χ0) is 17.1. The van der Waals surface area contributed by atoms with E-state index in [0.717, 1.165) is 0 Å². The number of phenolic OH excluding ortho intramolecular Hbond substituents is 1. The van der Waals surface area contributed by atoms with Crippen LogP contribution in [-0.2, 0) is 0 Å². The number of nitriles is 1. The lowest BCUT2D eigenvalue weighted by Gasteiger charge is -2.11. The Bertz CT molecular complexity index is 805. The number of rotatable bonds is 3. The number of benzene rings is 1. The maximum absolute atomic E-state index is 9.74. The molecule has 1 aromatic heterocycles. The first-order valence-corrected chi connectivity index (χ1v) is 7.89. The van der Waals surface area contributed by atoms with Gasteiger partial charge in [0.15, 0.2) is 5.82 Å². The first-order chi connectivity index (χ1) is 10.8. The van der Waals surface area contributed by atoms with Gasteiger partial charge >= 0.3 is 0 Å². The molecule has 0 aliphatic carbocycles. The van der Waals surface area contributed by atoms with Crippen LogP contribution >= 0.6 is 31.9 Å². The van der Waals surface area contributed by atoms with Crippen LogP contribution in [0.25, 0.3) is 11.6 Å². The second-order valence-corrected chi connectivity index (χ2v) is 6.42. The molecule has 0 bridgehead atoms. The molecule has 0 atom stereocenters. The summed E-state index contributed by atoms with van der Waals surface area (Å²) in [6.07, 6.45) is 1.60. The number of aromatic hydroxyl groups is 1. The highest BCUT2D eigenvalue weighted by molar-refractivity contribution is 9.11. The van der Waals surface area contributed by atoms with Gasteiger partial charge in [-0.15, -0.1) is 0 Å². The van der Waals surface area contributed by atoms with Gasteiger partial charge in [-0.1, -0.05) is 0 Å². The minimum atomic E-state index is 0.0351. The zero-order valence-corrected chi connectivity index (χ0v) is 15.4. The van der Waals surface area contributed by atoms with Gasteiger partial charge in [-0.2, -0.15) is 20.2 Å². The number of hydrogen-bond donors (Lipinski definition) is 2. The van der Waals surface area contributed by atoms with E-state index in [1.165, 1.54) is 0 Å². The van der Waals surface area contributed by atoms with E-state index in [9.17, 15) is 10.4 Å². The lowest BCUT2D eigenvalue weighted by molar-refractivity contribution is 0.468. The van der Waals surface area contributed by atoms with Crippen molar-refractivity contribution in [1.29, 1.82) is 5.26 Å². The lowest BCUT2D eigenvalue weighted by Crippen LogP contribution is -2.15. The average molecular weight is 440 g/mol. The van der Waals surface area contributed by atoms with Crippen LogP contribution in [0.1, 0.15) is 11.4 Å². The molecule has 0 spiro atoms. The zero-order valence-electron chi connectivity index (χ0n) is 12.2. The fourth-order valence-corrected chi connectivity index (χ4v) is 2.90. The minimum absolute atomic E-state index is 0.0351. The van der Waals surface area contributed by atoms with Crippen molar-refractivity contribution in [2.45, 2.75) is 0 Å². The molecule has 2 aromatic rings. The van der Waals surface area contributed by atoms with E-state index in [-0.39, 0.29) is 23.1 Å². The summed E-state index contributed by atoms with van der Waals surface area (Å²) >= 11 is 6.49. The number of anilines is 2. The highest BCUT2D eigenvalue weighted by atomic mass is 79.9. The Morgan fingerprint density at radius 1 is 1.26 bits per heavy atom. The SMILES string of the molecule is CN(C)c1nc(N)nc(/C(C#N)=C/c2cc(Br)c(O)c(Br)c2)n1. The van der Waals surface area contributed by atoms with Crippen molar-refractivity contribution in [2.24, 2.45) is 0 Å². The normalized spacial score (nSPS) is 11.2. The van der Waals surface area contributed by atoms with Gasteiger partial charge in [0.2, 0.25) is 11.9 Å². The summed E-state index contributed by atoms with van der Waals surface area (Å²) in [7, 11) is 3.53. The minimum Gasteiger partial charge on any atom is -0.506 e. The molecule has 3 N–H and O–H groups in total. The van der Waals surface area contributed by atoms with Gasteiger partial charge in [0.05, 0.1) is 14.5 Å². The van der Waals surface area contributed by atoms with Crippen molar-refractivity contribution in [3.05, 3.63) is 32.5 Å². The summed E-state index contributed by atoms with van der Waals surface area (Å²) in [5, 5.41) is 19.1. The van der Waals surface area contributed by atoms with E-state index >= 15 is 0 Å². The first kappa shape index (κ1) is 17.2. The van der Waals surface area contributed by atoms with Crippen LogP contribution in [0.2, 0.25) is 0 Å². The predicted octanol–water partition coefficient (Wildman–Crippen LogP) is 2.81. The molecular weight excluding hydrogens is 428 g/mol. The molecule has 0 unspecified atom stereocenters. The Hall–Kier alpha value is -2.18. The fourth-order valence-electron chi connectivity index (χ4n) is 1.68. The van der Waals surface area contributed by atoms with E-state index < -0.39 is 0 Å². The molecule has 7 nitrogen and oxygen atoms in total. The maximum Gasteiger partial charge on any atom is 0.230 e. The molecule has 0 saturated heterocycles. The molecule has 9 heteroatoms. The van der Waals surface area contributed by atoms with Crippen molar-refractivity contribution < 1.29 is 5.11 Å². The van der Waals surface area contributed by atoms with Crippen LogP contribution in [0.4, 0.5) is 11.9 Å². The summed E-state index contributed by atoms with van der Waals surface area (Å²) in [5.41, 5.74) is 6.59. The van der Waals surface area contributed by atoms with E-state index in [1.807, 2.05) is 0 Å². The number of allylic oxidation sites excluding steroid dienone is 1. The summed E-state index contributed by atoms with van der Waals surface area (Å²) < 4.78 is 0.999. The lowest BCUT2D eigenvalue weighted by atomic mass is 10.1. The predicted molar refractivity (Wildman–Crippen MR) is 95.6 cm³/mol. The molecule has 118 valence electrons. The third-order valence-corrected chi connectivity index (χ3v) is 3.96. The smallest absolute Gasteiger partial charge is 0.230 e. The van der Waals surface area contributed by atoms with Crippen molar-refractivity contribution in [3.8, 4) is 11.8 Å². The van der Waals surface area contributed by atoms with E-state index in [0.29, 0.717) is 20.5 Å². The van der Waals surface area contributed by atoms with Crippen LogP contribution in [0.3, 0.4) is 0 Å². The number of nitrogen functional groups attached to an aromatic ring is 1. The molecule has 0 amide bonds. The van der Waals surface area contributed by atoms with Gasteiger partial charge in [0.1, 0.15) is 11.8 Å². The summed E-state index contributed by atoms with van der Waals surface area (Å²) in [4.78, 5) is 13.9. The Labute approximate surface area is 149 Å². The molecule has 1 heterocycles. The molecule has 0 radical (unpaired) electrons. The van der Waals surface area contributed by atoms with Gasteiger partial charge in [-0.25, -0.2) is 0 Å². The molecule has 0 fully saturated rings. The molecule has 0 saturated carbocycles. The number of halogens is 2. The van der Waals surface area contributed by atoms with Crippen molar-refractivity contribution in [2.75, 3.05) is 24.7 Å². The van der Waals surface area contributed by atoms with E-state index in [2.05, 4.69) is 52.9 Å². The van der Waals surface area contributed by atoms with Crippen molar-refractivity contribution >= 4 is 55.4 Å². The summed E-state index contributed by atoms with van der Waals surface area (Å²) in [6.45, 7) is 0. The second-order valence-electron chi connectivity index (χ2n) is 4.71.